The summed E-state index contributed by atoms with van der Waals surface area (Å²) >= 11 is 0. The lowest BCUT2D eigenvalue weighted by molar-refractivity contribution is -0.376. The Morgan fingerprint density at radius 2 is 1.38 bits per heavy atom. The van der Waals surface area contributed by atoms with Gasteiger partial charge >= 0.3 is 0 Å². The lowest BCUT2D eigenvalue weighted by Gasteiger charge is -2.58. The molecule has 3 saturated carbocycles. The fourth-order valence-corrected chi connectivity index (χ4v) is 13.8. The SMILES string of the molecule is C[C@@H]1CC[C@@]2(OC1)O[C@H]1C[C@H]3[C@@H]4CC=C5C[C@@H](O[C@@H]6O[C@H](CO)[C@@H](O[C@@H]7O[C@@H](CO)[C@H](O)[C@H]7O)[C@H](O[C@@H]7O[C@@H](C)[C@H](O)[C@@H](O)[C@H]7O)[C@H]6O)CC[C@]5(C)[C@H]4CC[C@]3(C)C1[C@@H]2C. The normalized spacial score (nSPS) is 57.7. The molecule has 0 bridgehead atoms. The van der Waals surface area contributed by atoms with Gasteiger partial charge in [-0.3, -0.25) is 0 Å². The van der Waals surface area contributed by atoms with Gasteiger partial charge in [-0.2, -0.15) is 0 Å². The summed E-state index contributed by atoms with van der Waals surface area (Å²) in [5.74, 6) is 2.69. The highest BCUT2D eigenvalue weighted by molar-refractivity contribution is 5.26. The lowest BCUT2D eigenvalue weighted by Crippen LogP contribution is -2.65. The average molecular weight is 855 g/mol. The molecule has 1 unspecified atom stereocenters. The first-order valence-corrected chi connectivity index (χ1v) is 22.8. The van der Waals surface area contributed by atoms with E-state index in [0.717, 1.165) is 45.1 Å². The van der Waals surface area contributed by atoms with Crippen molar-refractivity contribution in [2.75, 3.05) is 19.8 Å². The van der Waals surface area contributed by atoms with E-state index in [2.05, 4.69) is 33.8 Å². The quantitative estimate of drug-likeness (QED) is 0.158. The number of aliphatic hydroxyl groups excluding tert-OH is 8. The smallest absolute Gasteiger partial charge is 0.187 e. The van der Waals surface area contributed by atoms with Gasteiger partial charge in [0.2, 0.25) is 0 Å². The van der Waals surface area contributed by atoms with Crippen molar-refractivity contribution in [1.29, 1.82) is 0 Å². The molecule has 16 heteroatoms. The highest BCUT2D eigenvalue weighted by Crippen LogP contribution is 2.70. The highest BCUT2D eigenvalue weighted by Gasteiger charge is 2.69. The largest absolute Gasteiger partial charge is 0.394 e. The van der Waals surface area contributed by atoms with Crippen molar-refractivity contribution >= 4 is 0 Å². The maximum atomic E-state index is 12.0. The zero-order chi connectivity index (χ0) is 42.6. The van der Waals surface area contributed by atoms with Gasteiger partial charge in [0.15, 0.2) is 24.7 Å². The van der Waals surface area contributed by atoms with Crippen LogP contribution in [0.3, 0.4) is 0 Å². The van der Waals surface area contributed by atoms with Crippen LogP contribution >= 0.6 is 0 Å². The standard InChI is InChI=1S/C44H70O16/c1-19-8-13-44(53-18-19)20(2)30-27(60-44)15-26-24-7-6-22-14-23(9-11-42(22,4)25(24)10-12-43(26,30)5)55-41-36(52)38(59-39-35(51)33(49)31(47)21(3)54-39)37(29(17-46)57-41)58-40-34(50)32(48)28(16-45)56-40/h6,19-21,23-41,45-52H,7-18H2,1-5H3/t19-,20+,21+,23+,24-,25+,26+,27+,28+,29-,30?,31+,32+,33-,34-,35-,36-,37-,38-,39+,40+,41-,42+,43+,44-/m1/s1. The van der Waals surface area contributed by atoms with E-state index in [1.165, 1.54) is 18.9 Å². The first-order valence-electron chi connectivity index (χ1n) is 22.8. The Balaban J connectivity index is 0.901. The van der Waals surface area contributed by atoms with Gasteiger partial charge in [-0.05, 0) is 98.7 Å². The molecular weight excluding hydrogens is 784 g/mol. The number of hydrogen-bond donors (Lipinski definition) is 8. The Morgan fingerprint density at radius 3 is 2.08 bits per heavy atom. The van der Waals surface area contributed by atoms with Crippen LogP contribution in [0.5, 0.6) is 0 Å². The molecule has 25 atom stereocenters. The molecule has 342 valence electrons. The Morgan fingerprint density at radius 1 is 0.700 bits per heavy atom. The van der Waals surface area contributed by atoms with Crippen LogP contribution in [0.4, 0.5) is 0 Å². The van der Waals surface area contributed by atoms with E-state index in [9.17, 15) is 40.9 Å². The van der Waals surface area contributed by atoms with Crippen molar-refractivity contribution in [2.45, 2.75) is 196 Å². The number of allylic oxidation sites excluding steroid dienone is 1. The molecule has 9 rings (SSSR count). The van der Waals surface area contributed by atoms with E-state index >= 15 is 0 Å². The van der Waals surface area contributed by atoms with E-state index < -0.39 is 105 Å². The van der Waals surface area contributed by atoms with Crippen molar-refractivity contribution in [1.82, 2.24) is 0 Å². The summed E-state index contributed by atoms with van der Waals surface area (Å²) in [4.78, 5) is 0. The van der Waals surface area contributed by atoms with Crippen LogP contribution < -0.4 is 0 Å². The van der Waals surface area contributed by atoms with E-state index in [1.807, 2.05) is 0 Å². The van der Waals surface area contributed by atoms with Crippen molar-refractivity contribution < 1.29 is 78.7 Å². The van der Waals surface area contributed by atoms with Gasteiger partial charge in [-0.15, -0.1) is 0 Å². The number of ether oxygens (including phenoxy) is 8. The molecule has 5 aliphatic heterocycles. The first kappa shape index (κ1) is 44.3. The van der Waals surface area contributed by atoms with Crippen LogP contribution in [0.2, 0.25) is 0 Å². The van der Waals surface area contributed by atoms with Gasteiger partial charge in [0.25, 0.3) is 0 Å². The third kappa shape index (κ3) is 7.10. The van der Waals surface area contributed by atoms with Gasteiger partial charge < -0.3 is 78.7 Å². The van der Waals surface area contributed by atoms with E-state index in [4.69, 9.17) is 37.9 Å². The molecule has 16 nitrogen and oxygen atoms in total. The summed E-state index contributed by atoms with van der Waals surface area (Å²) < 4.78 is 49.7. The number of aliphatic hydroxyl groups is 8. The Bertz CT molecular complexity index is 1560. The predicted molar refractivity (Wildman–Crippen MR) is 208 cm³/mol. The average Bonchev–Trinajstić information content (AvgIpc) is 3.79. The fourth-order valence-electron chi connectivity index (χ4n) is 13.8. The number of hydrogen-bond acceptors (Lipinski definition) is 16. The molecule has 8 N–H and O–H groups in total. The number of rotatable bonds is 8. The topological polar surface area (TPSA) is 236 Å². The molecule has 0 radical (unpaired) electrons. The molecule has 9 aliphatic rings. The summed E-state index contributed by atoms with van der Waals surface area (Å²) in [6.45, 7) is 10.6. The lowest BCUT2D eigenvalue weighted by atomic mass is 9.47. The molecule has 4 aliphatic carbocycles. The van der Waals surface area contributed by atoms with Crippen molar-refractivity contribution in [3.05, 3.63) is 11.6 Å². The van der Waals surface area contributed by atoms with Crippen LogP contribution in [0.1, 0.15) is 92.4 Å². The van der Waals surface area contributed by atoms with E-state index in [1.54, 1.807) is 0 Å². The van der Waals surface area contributed by atoms with Crippen molar-refractivity contribution in [3.8, 4) is 0 Å². The van der Waals surface area contributed by atoms with Crippen molar-refractivity contribution in [2.24, 2.45) is 46.3 Å². The first-order chi connectivity index (χ1) is 28.5. The highest BCUT2D eigenvalue weighted by atomic mass is 16.8. The van der Waals surface area contributed by atoms with Gasteiger partial charge in [0.05, 0.1) is 38.1 Å². The van der Waals surface area contributed by atoms with Gasteiger partial charge in [0, 0.05) is 12.3 Å². The molecule has 0 amide bonds. The predicted octanol–water partition coefficient (Wildman–Crippen LogP) is 0.853. The Kier molecular flexibility index (Phi) is 12.2. The summed E-state index contributed by atoms with van der Waals surface area (Å²) in [5, 5.41) is 85.0. The second-order valence-corrected chi connectivity index (χ2v) is 20.6. The molecule has 0 aromatic carbocycles. The second-order valence-electron chi connectivity index (χ2n) is 20.6. The third-order valence-corrected chi connectivity index (χ3v) is 17.3. The molecule has 1 spiro atoms. The molecule has 5 saturated heterocycles. The summed E-state index contributed by atoms with van der Waals surface area (Å²) in [5.41, 5.74) is 1.56. The third-order valence-electron chi connectivity index (χ3n) is 17.3. The fraction of sp³-hybridized carbons (Fsp3) is 0.955. The minimum atomic E-state index is -1.73. The zero-order valence-electron chi connectivity index (χ0n) is 35.6. The molecule has 8 fully saturated rings. The maximum Gasteiger partial charge on any atom is 0.187 e. The van der Waals surface area contributed by atoms with Crippen LogP contribution in [0, 0.1) is 46.3 Å². The Labute approximate surface area is 352 Å². The van der Waals surface area contributed by atoms with E-state index in [0.29, 0.717) is 48.3 Å². The van der Waals surface area contributed by atoms with Gasteiger partial charge in [-0.1, -0.05) is 39.3 Å². The number of fused-ring (bicyclic) bond motifs is 7. The maximum absolute atomic E-state index is 12.0. The second kappa shape index (κ2) is 16.5. The molecule has 0 aromatic heterocycles. The Hall–Kier alpha value is -0.900. The minimum absolute atomic E-state index is 0.00194. The summed E-state index contributed by atoms with van der Waals surface area (Å²) in [6, 6.07) is 0. The monoisotopic (exact) mass is 854 g/mol. The van der Waals surface area contributed by atoms with Crippen LogP contribution in [-0.4, -0.2) is 165 Å². The van der Waals surface area contributed by atoms with Gasteiger partial charge in [0.1, 0.15) is 61.0 Å². The van der Waals surface area contributed by atoms with Crippen LogP contribution in [0.25, 0.3) is 0 Å². The molecular formula is C44H70O16. The van der Waals surface area contributed by atoms with Gasteiger partial charge in [-0.25, -0.2) is 0 Å². The zero-order valence-corrected chi connectivity index (χ0v) is 35.6. The molecule has 0 aromatic rings. The molecule has 60 heavy (non-hydrogen) atoms. The van der Waals surface area contributed by atoms with Crippen molar-refractivity contribution in [3.63, 3.8) is 0 Å². The summed E-state index contributed by atoms with van der Waals surface area (Å²) in [7, 11) is 0. The van der Waals surface area contributed by atoms with E-state index in [-0.39, 0.29) is 23.0 Å². The minimum Gasteiger partial charge on any atom is -0.394 e. The van der Waals surface area contributed by atoms with Crippen LogP contribution in [-0.2, 0) is 37.9 Å². The van der Waals surface area contributed by atoms with Crippen LogP contribution in [0.15, 0.2) is 11.6 Å². The summed E-state index contributed by atoms with van der Waals surface area (Å²) in [6.07, 6.45) is -8.89. The molecule has 5 heterocycles.